The minimum Gasteiger partial charge on any atom is -0.465 e. The third kappa shape index (κ3) is 4.43. The van der Waals surface area contributed by atoms with Crippen molar-refractivity contribution in [2.24, 2.45) is 22.9 Å². The summed E-state index contributed by atoms with van der Waals surface area (Å²) in [7, 11) is 0. The molecule has 0 bridgehead atoms. The van der Waals surface area contributed by atoms with E-state index in [1.165, 1.54) is 5.56 Å². The normalized spacial score (nSPS) is 21.3. The topological polar surface area (TPSA) is 67.8 Å². The molecule has 0 aliphatic heterocycles. The van der Waals surface area contributed by atoms with E-state index >= 15 is 0 Å². The molecule has 5 nitrogen and oxygen atoms in total. The highest BCUT2D eigenvalue weighted by Gasteiger charge is 2.44. The number of hydrogen-bond donors (Lipinski definition) is 1. The van der Waals surface area contributed by atoms with Crippen molar-refractivity contribution in [3.8, 4) is 0 Å². The maximum Gasteiger partial charge on any atom is 0.314 e. The van der Waals surface area contributed by atoms with Gasteiger partial charge in [0.2, 0.25) is 5.91 Å². The Labute approximate surface area is 143 Å². The molecular formula is C19H26N2O3. The van der Waals surface area contributed by atoms with Crippen molar-refractivity contribution in [1.82, 2.24) is 5.43 Å². The predicted octanol–water partition coefficient (Wildman–Crippen LogP) is 3.12. The quantitative estimate of drug-likeness (QED) is 0.474. The first-order valence-electron chi connectivity index (χ1n) is 8.51. The van der Waals surface area contributed by atoms with Gasteiger partial charge in [0.15, 0.2) is 0 Å². The molecule has 3 atom stereocenters. The molecule has 5 heteroatoms. The predicted molar refractivity (Wildman–Crippen MR) is 93.5 cm³/mol. The van der Waals surface area contributed by atoms with Gasteiger partial charge >= 0.3 is 5.97 Å². The van der Waals surface area contributed by atoms with Crippen LogP contribution in [-0.4, -0.2) is 24.2 Å². The minimum atomic E-state index is -0.436. The van der Waals surface area contributed by atoms with E-state index in [1.54, 1.807) is 13.8 Å². The van der Waals surface area contributed by atoms with E-state index in [2.05, 4.69) is 10.5 Å². The number of benzene rings is 1. The highest BCUT2D eigenvalue weighted by atomic mass is 16.5. The Hall–Kier alpha value is -2.17. The molecule has 130 valence electrons. The molecule has 0 saturated heterocycles. The highest BCUT2D eigenvalue weighted by molar-refractivity contribution is 6.01. The van der Waals surface area contributed by atoms with E-state index in [9.17, 15) is 9.59 Å². The Morgan fingerprint density at radius 3 is 2.54 bits per heavy atom. The van der Waals surface area contributed by atoms with Gasteiger partial charge in [-0.25, -0.2) is 5.43 Å². The Bertz CT molecular complexity index is 610. The number of hydrazone groups is 1. The van der Waals surface area contributed by atoms with Crippen LogP contribution in [0.3, 0.4) is 0 Å². The third-order valence-corrected chi connectivity index (χ3v) is 4.35. The largest absolute Gasteiger partial charge is 0.465 e. The lowest BCUT2D eigenvalue weighted by molar-refractivity contribution is -0.146. The number of carbonyl (C=O) groups is 2. The number of rotatable bonds is 7. The van der Waals surface area contributed by atoms with Gasteiger partial charge in [-0.05, 0) is 37.7 Å². The van der Waals surface area contributed by atoms with Crippen LogP contribution in [0.4, 0.5) is 0 Å². The van der Waals surface area contributed by atoms with Crippen molar-refractivity contribution in [2.45, 2.75) is 40.0 Å². The van der Waals surface area contributed by atoms with Crippen molar-refractivity contribution in [2.75, 3.05) is 6.61 Å². The molecule has 1 aliphatic carbocycles. The highest BCUT2D eigenvalue weighted by Crippen LogP contribution is 2.47. The van der Waals surface area contributed by atoms with Crippen LogP contribution in [-0.2, 0) is 14.3 Å². The molecule has 1 aromatic rings. The number of nitrogens with one attached hydrogen (secondary N) is 1. The molecule has 24 heavy (non-hydrogen) atoms. The van der Waals surface area contributed by atoms with Crippen LogP contribution in [0.2, 0.25) is 0 Å². The fraction of sp³-hybridized carbons (Fsp3) is 0.526. The van der Waals surface area contributed by atoms with Gasteiger partial charge in [-0.2, -0.15) is 5.10 Å². The fourth-order valence-corrected chi connectivity index (χ4v) is 3.01. The average molecular weight is 330 g/mol. The Morgan fingerprint density at radius 2 is 1.96 bits per heavy atom. The summed E-state index contributed by atoms with van der Waals surface area (Å²) in [6.07, 6.45) is 0.843. The van der Waals surface area contributed by atoms with Crippen LogP contribution < -0.4 is 5.43 Å². The summed E-state index contributed by atoms with van der Waals surface area (Å²) >= 11 is 0. The van der Waals surface area contributed by atoms with Crippen LogP contribution in [0.5, 0.6) is 0 Å². The van der Waals surface area contributed by atoms with Gasteiger partial charge in [-0.1, -0.05) is 44.2 Å². The fourth-order valence-electron chi connectivity index (χ4n) is 3.01. The van der Waals surface area contributed by atoms with Gasteiger partial charge in [-0.3, -0.25) is 9.59 Å². The third-order valence-electron chi connectivity index (χ3n) is 4.35. The van der Waals surface area contributed by atoms with Gasteiger partial charge in [0.25, 0.3) is 0 Å². The molecular weight excluding hydrogens is 304 g/mol. The molecule has 0 aromatic heterocycles. The molecule has 0 radical (unpaired) electrons. The van der Waals surface area contributed by atoms with Gasteiger partial charge in [0.1, 0.15) is 0 Å². The summed E-state index contributed by atoms with van der Waals surface area (Å²) in [6.45, 7) is 7.75. The summed E-state index contributed by atoms with van der Waals surface area (Å²) in [5, 5.41) is 4.15. The summed E-state index contributed by atoms with van der Waals surface area (Å²) in [5.74, 6) is -0.528. The lowest BCUT2D eigenvalue weighted by atomic mass is 9.92. The van der Waals surface area contributed by atoms with Gasteiger partial charge in [0.05, 0.1) is 12.5 Å². The monoisotopic (exact) mass is 330 g/mol. The Balaban J connectivity index is 1.94. The standard InChI is InChI=1S/C19H26N2O3/c1-5-24-19(23)17(12(2)3)13(4)20-21-18(22)16-11-15(16)14-9-7-6-8-10-14/h6-10,12,15-17H,5,11H2,1-4H3,(H,21,22)/b20-13-/t15-,16+,17-/m1/s1. The number of ether oxygens (including phenoxy) is 1. The van der Waals surface area contributed by atoms with Crippen LogP contribution in [0, 0.1) is 17.8 Å². The Kier molecular flexibility index (Phi) is 6.12. The summed E-state index contributed by atoms with van der Waals surface area (Å²) in [6, 6.07) is 10.0. The van der Waals surface area contributed by atoms with Crippen LogP contribution >= 0.6 is 0 Å². The smallest absolute Gasteiger partial charge is 0.314 e. The van der Waals surface area contributed by atoms with Crippen LogP contribution in [0.15, 0.2) is 35.4 Å². The zero-order valence-electron chi connectivity index (χ0n) is 14.8. The van der Waals surface area contributed by atoms with Crippen LogP contribution in [0.25, 0.3) is 0 Å². The second-order valence-electron chi connectivity index (χ2n) is 6.56. The molecule has 1 amide bonds. The molecule has 2 rings (SSSR count). The second-order valence-corrected chi connectivity index (χ2v) is 6.56. The first-order chi connectivity index (χ1) is 11.5. The van der Waals surface area contributed by atoms with E-state index in [1.807, 2.05) is 44.2 Å². The van der Waals surface area contributed by atoms with Crippen LogP contribution in [0.1, 0.15) is 45.6 Å². The first-order valence-corrected chi connectivity index (χ1v) is 8.51. The van der Waals surface area contributed by atoms with Crippen molar-refractivity contribution in [3.05, 3.63) is 35.9 Å². The lowest BCUT2D eigenvalue weighted by Crippen LogP contribution is -2.31. The number of hydrogen-bond acceptors (Lipinski definition) is 4. The molecule has 1 N–H and O–H groups in total. The summed E-state index contributed by atoms with van der Waals surface area (Å²) in [5.41, 5.74) is 4.38. The van der Waals surface area contributed by atoms with Crippen molar-refractivity contribution in [3.63, 3.8) is 0 Å². The van der Waals surface area contributed by atoms with Crippen molar-refractivity contribution in [1.29, 1.82) is 0 Å². The molecule has 0 unspecified atom stereocenters. The van der Waals surface area contributed by atoms with E-state index in [-0.39, 0.29) is 29.6 Å². The minimum absolute atomic E-state index is 0.0379. The summed E-state index contributed by atoms with van der Waals surface area (Å²) < 4.78 is 5.10. The number of carbonyl (C=O) groups excluding carboxylic acids is 2. The number of esters is 1. The molecule has 1 aliphatic rings. The van der Waals surface area contributed by atoms with E-state index in [0.717, 1.165) is 6.42 Å². The maximum atomic E-state index is 12.2. The number of nitrogens with zero attached hydrogens (tertiary/aromatic N) is 1. The van der Waals surface area contributed by atoms with E-state index in [0.29, 0.717) is 12.3 Å². The lowest BCUT2D eigenvalue weighted by Gasteiger charge is -2.18. The molecule has 1 fully saturated rings. The SMILES string of the molecule is CCOC(=O)[C@@H](/C(C)=N\NC(=O)[C@H]1C[C@@H]1c1ccccc1)C(C)C. The molecule has 0 spiro atoms. The average Bonchev–Trinajstić information content (AvgIpc) is 3.34. The first kappa shape index (κ1) is 18.2. The van der Waals surface area contributed by atoms with Gasteiger partial charge in [0, 0.05) is 11.6 Å². The van der Waals surface area contributed by atoms with Gasteiger partial charge in [-0.15, -0.1) is 0 Å². The zero-order valence-corrected chi connectivity index (χ0v) is 14.8. The molecule has 1 saturated carbocycles. The zero-order chi connectivity index (χ0) is 17.7. The van der Waals surface area contributed by atoms with E-state index < -0.39 is 5.92 Å². The Morgan fingerprint density at radius 1 is 1.29 bits per heavy atom. The van der Waals surface area contributed by atoms with Gasteiger partial charge < -0.3 is 4.74 Å². The maximum absolute atomic E-state index is 12.2. The molecule has 0 heterocycles. The summed E-state index contributed by atoms with van der Waals surface area (Å²) in [4.78, 5) is 24.3. The molecule has 1 aromatic carbocycles. The van der Waals surface area contributed by atoms with Crippen molar-refractivity contribution >= 4 is 17.6 Å². The second kappa shape index (κ2) is 8.08. The number of amides is 1. The van der Waals surface area contributed by atoms with E-state index in [4.69, 9.17) is 4.74 Å². The van der Waals surface area contributed by atoms with Crippen molar-refractivity contribution < 1.29 is 14.3 Å².